The third kappa shape index (κ3) is 4.44. The van der Waals surface area contributed by atoms with Crippen molar-refractivity contribution in [1.82, 2.24) is 10.2 Å². The Morgan fingerprint density at radius 1 is 1.33 bits per heavy atom. The molecule has 6 nitrogen and oxygen atoms in total. The van der Waals surface area contributed by atoms with Crippen molar-refractivity contribution in [3.05, 3.63) is 0 Å². The summed E-state index contributed by atoms with van der Waals surface area (Å²) in [7, 11) is 0. The predicted octanol–water partition coefficient (Wildman–Crippen LogP) is 1.25. The van der Waals surface area contributed by atoms with Crippen LogP contribution >= 0.6 is 0 Å². The van der Waals surface area contributed by atoms with E-state index in [1.165, 1.54) is 11.8 Å². The number of carbonyl (C=O) groups is 3. The monoisotopic (exact) mass is 298 g/mol. The zero-order chi connectivity index (χ0) is 16.2. The number of rotatable bonds is 5. The number of carbonyl (C=O) groups excluding carboxylic acids is 2. The minimum absolute atomic E-state index is 0.0836. The van der Waals surface area contributed by atoms with E-state index in [2.05, 4.69) is 5.32 Å². The first-order valence-electron chi connectivity index (χ1n) is 7.58. The fraction of sp³-hybridized carbons (Fsp3) is 0.800. The van der Waals surface area contributed by atoms with Gasteiger partial charge in [-0.05, 0) is 24.7 Å². The van der Waals surface area contributed by atoms with Gasteiger partial charge in [-0.1, -0.05) is 27.2 Å². The minimum atomic E-state index is -0.966. The van der Waals surface area contributed by atoms with Gasteiger partial charge in [-0.3, -0.25) is 9.59 Å². The summed E-state index contributed by atoms with van der Waals surface area (Å²) in [5.41, 5.74) is 0. The van der Waals surface area contributed by atoms with Crippen molar-refractivity contribution in [3.63, 3.8) is 0 Å². The van der Waals surface area contributed by atoms with Crippen LogP contribution in [0.15, 0.2) is 0 Å². The molecule has 1 aliphatic rings. The van der Waals surface area contributed by atoms with Crippen molar-refractivity contribution in [1.29, 1.82) is 0 Å². The van der Waals surface area contributed by atoms with E-state index in [-0.39, 0.29) is 17.7 Å². The molecule has 1 heterocycles. The molecule has 3 unspecified atom stereocenters. The second kappa shape index (κ2) is 7.43. The summed E-state index contributed by atoms with van der Waals surface area (Å²) in [6, 6.07) is -1.45. The van der Waals surface area contributed by atoms with E-state index in [4.69, 9.17) is 0 Å². The molecule has 1 aliphatic heterocycles. The Bertz CT molecular complexity index is 408. The Morgan fingerprint density at radius 3 is 2.38 bits per heavy atom. The summed E-state index contributed by atoms with van der Waals surface area (Å²) in [5, 5.41) is 12.0. The molecule has 0 aromatic heterocycles. The molecule has 0 radical (unpaired) electrons. The topological polar surface area (TPSA) is 86.7 Å². The fourth-order valence-electron chi connectivity index (χ4n) is 2.82. The molecule has 3 atom stereocenters. The zero-order valence-electron chi connectivity index (χ0n) is 13.3. The number of carboxylic acids is 1. The standard InChI is InChI=1S/C15H26N2O4/c1-5-11-6-7-17(12(8-11)15(20)21)14(19)13(9(2)3)16-10(4)18/h9,11-13H,5-8H2,1-4H3,(H,16,18)(H,20,21). The number of carboxylic acid groups (broad SMARTS) is 1. The first-order chi connectivity index (χ1) is 9.77. The highest BCUT2D eigenvalue weighted by molar-refractivity contribution is 5.90. The van der Waals surface area contributed by atoms with Crippen LogP contribution in [-0.4, -0.2) is 46.4 Å². The lowest BCUT2D eigenvalue weighted by Crippen LogP contribution is -2.57. The predicted molar refractivity (Wildman–Crippen MR) is 78.6 cm³/mol. The molecular formula is C15H26N2O4. The maximum Gasteiger partial charge on any atom is 0.326 e. The summed E-state index contributed by atoms with van der Waals surface area (Å²) < 4.78 is 0. The van der Waals surface area contributed by atoms with E-state index in [9.17, 15) is 19.5 Å². The number of hydrogen-bond acceptors (Lipinski definition) is 3. The number of nitrogens with zero attached hydrogens (tertiary/aromatic N) is 1. The van der Waals surface area contributed by atoms with Crippen molar-refractivity contribution in [3.8, 4) is 0 Å². The number of aliphatic carboxylic acids is 1. The van der Waals surface area contributed by atoms with Gasteiger partial charge in [0, 0.05) is 13.5 Å². The molecule has 21 heavy (non-hydrogen) atoms. The molecule has 1 saturated heterocycles. The average molecular weight is 298 g/mol. The summed E-state index contributed by atoms with van der Waals surface area (Å²) in [6.07, 6.45) is 2.23. The maximum absolute atomic E-state index is 12.6. The van der Waals surface area contributed by atoms with Crippen molar-refractivity contribution in [2.75, 3.05) is 6.54 Å². The van der Waals surface area contributed by atoms with Crippen LogP contribution < -0.4 is 5.32 Å². The number of likely N-dealkylation sites (tertiary alicyclic amines) is 1. The minimum Gasteiger partial charge on any atom is -0.480 e. The SMILES string of the molecule is CCC1CCN(C(=O)C(NC(C)=O)C(C)C)C(C(=O)O)C1. The van der Waals surface area contributed by atoms with Crippen molar-refractivity contribution >= 4 is 17.8 Å². The summed E-state index contributed by atoms with van der Waals surface area (Å²) >= 11 is 0. The van der Waals surface area contributed by atoms with Crippen molar-refractivity contribution in [2.24, 2.45) is 11.8 Å². The van der Waals surface area contributed by atoms with Gasteiger partial charge >= 0.3 is 5.97 Å². The van der Waals surface area contributed by atoms with Crippen LogP contribution in [0.25, 0.3) is 0 Å². The average Bonchev–Trinajstić information content (AvgIpc) is 2.42. The second-order valence-electron chi connectivity index (χ2n) is 6.11. The summed E-state index contributed by atoms with van der Waals surface area (Å²) in [6.45, 7) is 7.52. The van der Waals surface area contributed by atoms with Gasteiger partial charge in [0.1, 0.15) is 12.1 Å². The molecular weight excluding hydrogens is 272 g/mol. The quantitative estimate of drug-likeness (QED) is 0.799. The Hall–Kier alpha value is -1.59. The first kappa shape index (κ1) is 17.5. The van der Waals surface area contributed by atoms with E-state index in [1.54, 1.807) is 0 Å². The largest absolute Gasteiger partial charge is 0.480 e. The Morgan fingerprint density at radius 2 is 1.95 bits per heavy atom. The molecule has 2 N–H and O–H groups in total. The Balaban J connectivity index is 2.91. The third-order valence-electron chi connectivity index (χ3n) is 4.15. The molecule has 0 saturated carbocycles. The molecule has 1 fully saturated rings. The lowest BCUT2D eigenvalue weighted by molar-refractivity contribution is -0.155. The molecule has 1 rings (SSSR count). The van der Waals surface area contributed by atoms with Crippen molar-refractivity contribution in [2.45, 2.75) is 59.0 Å². The van der Waals surface area contributed by atoms with Crippen LogP contribution in [0.1, 0.15) is 47.0 Å². The van der Waals surface area contributed by atoms with Gasteiger partial charge < -0.3 is 15.3 Å². The normalized spacial score (nSPS) is 23.8. The van der Waals surface area contributed by atoms with Crippen LogP contribution in [0, 0.1) is 11.8 Å². The summed E-state index contributed by atoms with van der Waals surface area (Å²) in [5.74, 6) is -1.28. The highest BCUT2D eigenvalue weighted by Crippen LogP contribution is 2.26. The van der Waals surface area contributed by atoms with Crippen LogP contribution in [0.4, 0.5) is 0 Å². The smallest absolute Gasteiger partial charge is 0.326 e. The van der Waals surface area contributed by atoms with Gasteiger partial charge in [0.15, 0.2) is 0 Å². The Kier molecular flexibility index (Phi) is 6.18. The van der Waals surface area contributed by atoms with Gasteiger partial charge in [0.05, 0.1) is 0 Å². The summed E-state index contributed by atoms with van der Waals surface area (Å²) in [4.78, 5) is 36.8. The molecule has 0 spiro atoms. The van der Waals surface area contributed by atoms with E-state index in [0.29, 0.717) is 18.9 Å². The van der Waals surface area contributed by atoms with Gasteiger partial charge in [-0.15, -0.1) is 0 Å². The van der Waals surface area contributed by atoms with Gasteiger partial charge in [0.25, 0.3) is 0 Å². The number of nitrogens with one attached hydrogen (secondary N) is 1. The van der Waals surface area contributed by atoms with Crippen molar-refractivity contribution < 1.29 is 19.5 Å². The van der Waals surface area contributed by atoms with Crippen LogP contribution in [0.3, 0.4) is 0 Å². The van der Waals surface area contributed by atoms with Crippen LogP contribution in [0.2, 0.25) is 0 Å². The van der Waals surface area contributed by atoms with Gasteiger partial charge in [-0.25, -0.2) is 4.79 Å². The highest BCUT2D eigenvalue weighted by atomic mass is 16.4. The van der Waals surface area contributed by atoms with Crippen LogP contribution in [0.5, 0.6) is 0 Å². The van der Waals surface area contributed by atoms with E-state index >= 15 is 0 Å². The van der Waals surface area contributed by atoms with Crippen LogP contribution in [-0.2, 0) is 14.4 Å². The third-order valence-corrected chi connectivity index (χ3v) is 4.15. The molecule has 6 heteroatoms. The number of amides is 2. The molecule has 2 amide bonds. The highest BCUT2D eigenvalue weighted by Gasteiger charge is 2.39. The molecule has 0 aromatic carbocycles. The molecule has 120 valence electrons. The van der Waals surface area contributed by atoms with Gasteiger partial charge in [0.2, 0.25) is 11.8 Å². The zero-order valence-corrected chi connectivity index (χ0v) is 13.3. The maximum atomic E-state index is 12.6. The van der Waals surface area contributed by atoms with E-state index in [1.807, 2.05) is 20.8 Å². The fourth-order valence-corrected chi connectivity index (χ4v) is 2.82. The Labute approximate surface area is 125 Å². The lowest BCUT2D eigenvalue weighted by Gasteiger charge is -2.39. The number of piperidine rings is 1. The van der Waals surface area contributed by atoms with E-state index < -0.39 is 18.1 Å². The molecule has 0 bridgehead atoms. The lowest BCUT2D eigenvalue weighted by atomic mass is 9.88. The first-order valence-corrected chi connectivity index (χ1v) is 7.58. The second-order valence-corrected chi connectivity index (χ2v) is 6.11. The van der Waals surface area contributed by atoms with E-state index in [0.717, 1.165) is 12.8 Å². The molecule has 0 aromatic rings. The molecule has 0 aliphatic carbocycles. The number of hydrogen-bond donors (Lipinski definition) is 2. The van der Waals surface area contributed by atoms with Gasteiger partial charge in [-0.2, -0.15) is 0 Å².